The quantitative estimate of drug-likeness (QED) is 0.353. The fourth-order valence-corrected chi connectivity index (χ4v) is 7.25. The number of aliphatic hydroxyl groups excluding tert-OH is 1. The first-order valence-electron chi connectivity index (χ1n) is 9.01. The van der Waals surface area contributed by atoms with Gasteiger partial charge in [-0.3, -0.25) is 0 Å². The number of benzene rings is 1. The summed E-state index contributed by atoms with van der Waals surface area (Å²) in [4.78, 5) is 0. The second-order valence-electron chi connectivity index (χ2n) is 6.66. The van der Waals surface area contributed by atoms with Crippen molar-refractivity contribution in [3.05, 3.63) is 41.1 Å². The van der Waals surface area contributed by atoms with Crippen molar-refractivity contribution in [2.45, 2.75) is 63.3 Å². The summed E-state index contributed by atoms with van der Waals surface area (Å²) in [6.45, 7) is 5.20. The number of allylic oxidation sites excluding steroid dienone is 1. The molecule has 0 aliphatic heterocycles. The molecule has 1 rings (SSSR count). The number of halogens is 6. The molecule has 9 heteroatoms. The fourth-order valence-electron chi connectivity index (χ4n) is 3.29. The molecule has 160 valence electrons. The highest BCUT2D eigenvalue weighted by molar-refractivity contribution is 6.86. The zero-order valence-corrected chi connectivity index (χ0v) is 17.3. The highest BCUT2D eigenvalue weighted by Crippen LogP contribution is 2.45. The molecule has 0 amide bonds. The van der Waals surface area contributed by atoms with E-state index >= 15 is 0 Å². The summed E-state index contributed by atoms with van der Waals surface area (Å²) < 4.78 is 85.7. The maximum Gasteiger partial charge on any atom is 0.372 e. The average Bonchev–Trinajstić information content (AvgIpc) is 2.68. The van der Waals surface area contributed by atoms with Gasteiger partial charge in [-0.1, -0.05) is 51.0 Å². The van der Waals surface area contributed by atoms with E-state index in [4.69, 9.17) is 4.74 Å². The van der Waals surface area contributed by atoms with Gasteiger partial charge in [0.15, 0.2) is 0 Å². The number of aliphatic hydroxyl groups is 1. The lowest BCUT2D eigenvalue weighted by Crippen LogP contribution is -2.47. The second kappa shape index (κ2) is 9.34. The molecule has 0 spiro atoms. The molecule has 1 aromatic carbocycles. The second-order valence-corrected chi connectivity index (χ2v) is 11.9. The van der Waals surface area contributed by atoms with Gasteiger partial charge in [0.1, 0.15) is 5.75 Å². The SMILES string of the molecule is CC[Si](CC)(CC)/C(=C/C(F)(F)C(F)(F)C(F)F)C(O)c1ccc(OC)cc1. The van der Waals surface area contributed by atoms with Crippen molar-refractivity contribution < 1.29 is 36.2 Å². The molecular formula is C19H26F6O2Si. The lowest BCUT2D eigenvalue weighted by molar-refractivity contribution is -0.242. The normalized spacial score (nSPS) is 15.1. The summed E-state index contributed by atoms with van der Waals surface area (Å²) in [6, 6.07) is 7.05. The minimum atomic E-state index is -5.53. The van der Waals surface area contributed by atoms with Gasteiger partial charge in [0, 0.05) is 0 Å². The molecule has 1 unspecified atom stereocenters. The Kier molecular flexibility index (Phi) is 8.19. The van der Waals surface area contributed by atoms with Gasteiger partial charge >= 0.3 is 18.3 Å². The van der Waals surface area contributed by atoms with Gasteiger partial charge in [0.25, 0.3) is 0 Å². The van der Waals surface area contributed by atoms with E-state index in [0.717, 1.165) is 0 Å². The summed E-state index contributed by atoms with van der Waals surface area (Å²) in [5.74, 6) is -10.2. The van der Waals surface area contributed by atoms with Gasteiger partial charge < -0.3 is 9.84 Å². The van der Waals surface area contributed by atoms with Crippen LogP contribution in [0.5, 0.6) is 5.75 Å². The first-order valence-corrected chi connectivity index (χ1v) is 11.6. The first-order chi connectivity index (χ1) is 12.9. The molecule has 0 aliphatic rings. The van der Waals surface area contributed by atoms with Crippen LogP contribution in [-0.4, -0.2) is 38.6 Å². The minimum Gasteiger partial charge on any atom is -0.497 e. The molecule has 0 bridgehead atoms. The Labute approximate surface area is 162 Å². The van der Waals surface area contributed by atoms with Crippen molar-refractivity contribution in [1.82, 2.24) is 0 Å². The van der Waals surface area contributed by atoms with Gasteiger partial charge in [-0.25, -0.2) is 8.78 Å². The number of methoxy groups -OCH3 is 1. The zero-order chi connectivity index (χ0) is 21.8. The largest absolute Gasteiger partial charge is 0.497 e. The molecule has 28 heavy (non-hydrogen) atoms. The number of hydrogen-bond donors (Lipinski definition) is 1. The van der Waals surface area contributed by atoms with Crippen LogP contribution in [0.15, 0.2) is 35.5 Å². The van der Waals surface area contributed by atoms with Crippen LogP contribution in [0.2, 0.25) is 18.1 Å². The number of hydrogen-bond acceptors (Lipinski definition) is 2. The van der Waals surface area contributed by atoms with Crippen LogP contribution in [0, 0.1) is 0 Å². The van der Waals surface area contributed by atoms with Crippen LogP contribution >= 0.6 is 0 Å². The molecule has 1 aromatic rings. The van der Waals surface area contributed by atoms with Gasteiger partial charge in [-0.05, 0) is 29.0 Å². The molecule has 0 heterocycles. The molecule has 1 N–H and O–H groups in total. The summed E-state index contributed by atoms with van der Waals surface area (Å²) in [7, 11) is -1.39. The molecule has 0 fully saturated rings. The van der Waals surface area contributed by atoms with E-state index in [2.05, 4.69) is 0 Å². The molecule has 0 aliphatic carbocycles. The summed E-state index contributed by atoms with van der Waals surface area (Å²) in [5, 5.41) is 10.5. The Hall–Kier alpha value is -1.48. The van der Waals surface area contributed by atoms with Crippen molar-refractivity contribution in [3.8, 4) is 5.75 Å². The molecule has 1 atom stereocenters. The van der Waals surface area contributed by atoms with E-state index in [1.807, 2.05) is 0 Å². The van der Waals surface area contributed by atoms with Crippen LogP contribution in [0.1, 0.15) is 32.4 Å². The van der Waals surface area contributed by atoms with Crippen LogP contribution in [-0.2, 0) is 0 Å². The van der Waals surface area contributed by atoms with Crippen LogP contribution < -0.4 is 4.74 Å². The average molecular weight is 428 g/mol. The van der Waals surface area contributed by atoms with Crippen LogP contribution in [0.25, 0.3) is 0 Å². The van der Waals surface area contributed by atoms with Gasteiger partial charge in [-0.15, -0.1) is 0 Å². The van der Waals surface area contributed by atoms with E-state index in [1.165, 1.54) is 31.4 Å². The number of ether oxygens (including phenoxy) is 1. The lowest BCUT2D eigenvalue weighted by Gasteiger charge is -2.36. The van der Waals surface area contributed by atoms with Crippen molar-refractivity contribution in [3.63, 3.8) is 0 Å². The summed E-state index contributed by atoms with van der Waals surface area (Å²) >= 11 is 0. The van der Waals surface area contributed by atoms with Crippen molar-refractivity contribution in [1.29, 1.82) is 0 Å². The predicted molar refractivity (Wildman–Crippen MR) is 99.1 cm³/mol. The molecule has 0 saturated carbocycles. The van der Waals surface area contributed by atoms with Crippen molar-refractivity contribution >= 4 is 8.07 Å². The third-order valence-electron chi connectivity index (χ3n) is 5.42. The standard InChI is InChI=1S/C19H26F6O2Si/c1-5-28(6-2,7-3)15(12-18(22,23)19(24,25)17(20)21)16(26)13-8-10-14(27-4)11-9-13/h8-12,16-17,26H,5-7H2,1-4H3/b15-12+. The van der Waals surface area contributed by atoms with Crippen molar-refractivity contribution in [2.24, 2.45) is 0 Å². The first kappa shape index (κ1) is 24.6. The summed E-state index contributed by atoms with van der Waals surface area (Å²) in [5.41, 5.74) is 0.204. The van der Waals surface area contributed by atoms with Crippen molar-refractivity contribution in [2.75, 3.05) is 7.11 Å². The molecular weight excluding hydrogens is 402 g/mol. The maximum atomic E-state index is 14.2. The molecule has 0 aromatic heterocycles. The Bertz CT molecular complexity index is 649. The topological polar surface area (TPSA) is 29.5 Å². The van der Waals surface area contributed by atoms with Gasteiger partial charge in [-0.2, -0.15) is 17.6 Å². The Morgan fingerprint density at radius 2 is 1.50 bits per heavy atom. The Morgan fingerprint density at radius 1 is 1.04 bits per heavy atom. The smallest absolute Gasteiger partial charge is 0.372 e. The monoisotopic (exact) mass is 428 g/mol. The maximum absolute atomic E-state index is 14.2. The Balaban J connectivity index is 3.60. The van der Waals surface area contributed by atoms with E-state index in [0.29, 0.717) is 23.9 Å². The Morgan fingerprint density at radius 3 is 1.86 bits per heavy atom. The lowest BCUT2D eigenvalue weighted by atomic mass is 10.1. The highest BCUT2D eigenvalue weighted by Gasteiger charge is 2.62. The fraction of sp³-hybridized carbons (Fsp3) is 0.579. The molecule has 2 nitrogen and oxygen atoms in total. The van der Waals surface area contributed by atoms with Crippen LogP contribution in [0.4, 0.5) is 26.3 Å². The molecule has 0 saturated heterocycles. The zero-order valence-electron chi connectivity index (χ0n) is 16.3. The third-order valence-corrected chi connectivity index (χ3v) is 11.1. The predicted octanol–water partition coefficient (Wildman–Crippen LogP) is 6.24. The third kappa shape index (κ3) is 4.73. The van der Waals surface area contributed by atoms with E-state index in [9.17, 15) is 31.4 Å². The number of rotatable bonds is 10. The summed E-state index contributed by atoms with van der Waals surface area (Å²) in [6.07, 6.45) is -6.23. The van der Waals surface area contributed by atoms with Gasteiger partial charge in [0.05, 0.1) is 21.3 Å². The minimum absolute atomic E-state index is 0.100. The number of alkyl halides is 6. The highest BCUT2D eigenvalue weighted by atomic mass is 28.3. The van der Waals surface area contributed by atoms with Gasteiger partial charge in [0.2, 0.25) is 0 Å². The van der Waals surface area contributed by atoms with E-state index in [1.54, 1.807) is 20.8 Å². The molecule has 0 radical (unpaired) electrons. The van der Waals surface area contributed by atoms with E-state index in [-0.39, 0.29) is 16.8 Å². The van der Waals surface area contributed by atoms with Crippen LogP contribution in [0.3, 0.4) is 0 Å². The van der Waals surface area contributed by atoms with E-state index < -0.39 is 32.4 Å².